The molecule has 5 nitrogen and oxygen atoms in total. The van der Waals surface area contributed by atoms with Gasteiger partial charge in [0.25, 0.3) is 5.91 Å². The van der Waals surface area contributed by atoms with E-state index in [2.05, 4.69) is 4.90 Å². The Kier molecular flexibility index (Phi) is 5.14. The number of rotatable bonds is 5. The zero-order valence-electron chi connectivity index (χ0n) is 12.3. The first-order valence-corrected chi connectivity index (χ1v) is 7.75. The first-order chi connectivity index (χ1) is 9.97. The van der Waals surface area contributed by atoms with Gasteiger partial charge in [0.15, 0.2) is 0 Å². The highest BCUT2D eigenvalue weighted by Gasteiger charge is 2.30. The highest BCUT2D eigenvalue weighted by atomic mass is 32.1. The summed E-state index contributed by atoms with van der Waals surface area (Å²) in [4.78, 5) is 28.6. The number of likely N-dealkylation sites (tertiary alicyclic amines) is 1. The summed E-state index contributed by atoms with van der Waals surface area (Å²) < 4.78 is 0. The Labute approximate surface area is 128 Å². The van der Waals surface area contributed by atoms with E-state index >= 15 is 0 Å². The number of carbonyl (C=O) groups is 2. The van der Waals surface area contributed by atoms with Crippen molar-refractivity contribution in [1.29, 1.82) is 0 Å². The first kappa shape index (κ1) is 15.7. The molecule has 6 heteroatoms. The average molecular weight is 308 g/mol. The standard InChI is InChI=1S/C15H20N2O3S/c1-16(2)10-11-4-3-9-17(11)15(20)13-7-5-12(21-13)6-8-14(18)19/h5-8,11H,3-4,9-10H2,1-2H3,(H,18,19). The SMILES string of the molecule is CN(C)CC1CCCN1C(=O)c1ccc(C=CC(=O)O)s1. The number of carbonyl (C=O) groups excluding carboxylic acids is 1. The fourth-order valence-corrected chi connectivity index (χ4v) is 3.43. The maximum absolute atomic E-state index is 12.6. The number of nitrogens with zero attached hydrogens (tertiary/aromatic N) is 2. The topological polar surface area (TPSA) is 60.9 Å². The second-order valence-corrected chi connectivity index (χ2v) is 6.55. The summed E-state index contributed by atoms with van der Waals surface area (Å²) in [6, 6.07) is 3.83. The lowest BCUT2D eigenvalue weighted by Crippen LogP contribution is -2.41. The Morgan fingerprint density at radius 2 is 2.24 bits per heavy atom. The van der Waals surface area contributed by atoms with Gasteiger partial charge in [0.1, 0.15) is 0 Å². The van der Waals surface area contributed by atoms with E-state index in [1.165, 1.54) is 17.4 Å². The molecule has 1 amide bonds. The molecule has 0 radical (unpaired) electrons. The van der Waals surface area contributed by atoms with Crippen LogP contribution in [0, 0.1) is 0 Å². The van der Waals surface area contributed by atoms with Crippen molar-refractivity contribution in [2.45, 2.75) is 18.9 Å². The maximum Gasteiger partial charge on any atom is 0.328 e. The van der Waals surface area contributed by atoms with Crippen LogP contribution in [0.4, 0.5) is 0 Å². The highest BCUT2D eigenvalue weighted by Crippen LogP contribution is 2.25. The lowest BCUT2D eigenvalue weighted by molar-refractivity contribution is -0.131. The van der Waals surface area contributed by atoms with Crippen LogP contribution in [0.1, 0.15) is 27.4 Å². The quantitative estimate of drug-likeness (QED) is 0.845. The second-order valence-electron chi connectivity index (χ2n) is 5.43. The highest BCUT2D eigenvalue weighted by molar-refractivity contribution is 7.14. The van der Waals surface area contributed by atoms with Crippen molar-refractivity contribution in [3.8, 4) is 0 Å². The number of carboxylic acid groups (broad SMARTS) is 1. The molecule has 1 aliphatic rings. The van der Waals surface area contributed by atoms with Crippen LogP contribution in [0.25, 0.3) is 6.08 Å². The summed E-state index contributed by atoms with van der Waals surface area (Å²) in [6.45, 7) is 1.68. The Bertz CT molecular complexity index is 551. The third kappa shape index (κ3) is 4.15. The average Bonchev–Trinajstić information content (AvgIpc) is 3.03. The largest absolute Gasteiger partial charge is 0.478 e. The molecule has 0 bridgehead atoms. The number of hydrogen-bond donors (Lipinski definition) is 1. The van der Waals surface area contributed by atoms with Crippen LogP contribution in [0.2, 0.25) is 0 Å². The van der Waals surface area contributed by atoms with Crippen LogP contribution in [-0.4, -0.2) is 60.0 Å². The van der Waals surface area contributed by atoms with Gasteiger partial charge in [-0.1, -0.05) is 0 Å². The molecule has 0 aromatic carbocycles. The van der Waals surface area contributed by atoms with Crippen LogP contribution in [0.15, 0.2) is 18.2 Å². The van der Waals surface area contributed by atoms with Gasteiger partial charge >= 0.3 is 5.97 Å². The molecule has 1 unspecified atom stereocenters. The molecule has 1 aromatic heterocycles. The molecule has 1 fully saturated rings. The summed E-state index contributed by atoms with van der Waals surface area (Å²) >= 11 is 1.34. The molecule has 21 heavy (non-hydrogen) atoms. The van der Waals surface area contributed by atoms with E-state index < -0.39 is 5.97 Å². The molecule has 0 aliphatic carbocycles. The minimum atomic E-state index is -0.984. The van der Waals surface area contributed by atoms with Gasteiger partial charge in [-0.15, -0.1) is 11.3 Å². The molecule has 114 valence electrons. The number of thiophene rings is 1. The number of amides is 1. The van der Waals surface area contributed by atoms with Crippen LogP contribution in [-0.2, 0) is 4.79 Å². The Morgan fingerprint density at radius 3 is 2.90 bits per heavy atom. The number of aliphatic carboxylic acids is 1. The zero-order chi connectivity index (χ0) is 15.4. The third-order valence-corrected chi connectivity index (χ3v) is 4.48. The lowest BCUT2D eigenvalue weighted by Gasteiger charge is -2.26. The van der Waals surface area contributed by atoms with Crippen LogP contribution >= 0.6 is 11.3 Å². The summed E-state index contributed by atoms with van der Waals surface area (Å²) in [7, 11) is 4.03. The van der Waals surface area contributed by atoms with Crippen molar-refractivity contribution in [1.82, 2.24) is 9.80 Å². The van der Waals surface area contributed by atoms with Gasteiger partial charge in [0, 0.05) is 30.1 Å². The van der Waals surface area contributed by atoms with Crippen molar-refractivity contribution < 1.29 is 14.7 Å². The summed E-state index contributed by atoms with van der Waals surface area (Å²) in [5, 5.41) is 8.62. The first-order valence-electron chi connectivity index (χ1n) is 6.94. The molecule has 2 rings (SSSR count). The van der Waals surface area contributed by atoms with Crippen molar-refractivity contribution in [2.24, 2.45) is 0 Å². The van der Waals surface area contributed by atoms with Gasteiger partial charge in [-0.3, -0.25) is 4.79 Å². The van der Waals surface area contributed by atoms with Crippen molar-refractivity contribution in [3.63, 3.8) is 0 Å². The van der Waals surface area contributed by atoms with Gasteiger partial charge in [-0.05, 0) is 45.1 Å². The molecule has 0 spiro atoms. The van der Waals surface area contributed by atoms with Gasteiger partial charge < -0.3 is 14.9 Å². The van der Waals surface area contributed by atoms with Crippen LogP contribution in [0.5, 0.6) is 0 Å². The van der Waals surface area contributed by atoms with Crippen molar-refractivity contribution in [3.05, 3.63) is 28.0 Å². The van der Waals surface area contributed by atoms with E-state index in [9.17, 15) is 9.59 Å². The molecule has 2 heterocycles. The van der Waals surface area contributed by atoms with E-state index in [4.69, 9.17) is 5.11 Å². The van der Waals surface area contributed by atoms with Crippen LogP contribution in [0.3, 0.4) is 0 Å². The van der Waals surface area contributed by atoms with Gasteiger partial charge in [0.05, 0.1) is 4.88 Å². The fraction of sp³-hybridized carbons (Fsp3) is 0.467. The number of carboxylic acids is 1. The summed E-state index contributed by atoms with van der Waals surface area (Å²) in [6.07, 6.45) is 4.69. The molecular formula is C15H20N2O3S. The Morgan fingerprint density at radius 1 is 1.48 bits per heavy atom. The van der Waals surface area contributed by atoms with Gasteiger partial charge in [0.2, 0.25) is 0 Å². The van der Waals surface area contributed by atoms with E-state index in [1.54, 1.807) is 12.1 Å². The normalized spacial score (nSPS) is 18.8. The predicted octanol–water partition coefficient (Wildman–Crippen LogP) is 2.01. The number of likely N-dealkylation sites (N-methyl/N-ethyl adjacent to an activating group) is 1. The molecular weight excluding hydrogens is 288 g/mol. The maximum atomic E-state index is 12.6. The molecule has 0 saturated carbocycles. The minimum Gasteiger partial charge on any atom is -0.478 e. The molecule has 1 N–H and O–H groups in total. The molecule has 1 saturated heterocycles. The monoisotopic (exact) mass is 308 g/mol. The molecule has 1 aromatic rings. The summed E-state index contributed by atoms with van der Waals surface area (Å²) in [5.74, 6) is -0.929. The second kappa shape index (κ2) is 6.87. The van der Waals surface area contributed by atoms with Crippen LogP contribution < -0.4 is 0 Å². The van der Waals surface area contributed by atoms with Gasteiger partial charge in [-0.25, -0.2) is 4.79 Å². The van der Waals surface area contributed by atoms with E-state index in [-0.39, 0.29) is 11.9 Å². The van der Waals surface area contributed by atoms with Crippen molar-refractivity contribution >= 4 is 29.3 Å². The third-order valence-electron chi connectivity index (χ3n) is 3.44. The zero-order valence-corrected chi connectivity index (χ0v) is 13.1. The predicted molar refractivity (Wildman–Crippen MR) is 83.6 cm³/mol. The summed E-state index contributed by atoms with van der Waals surface area (Å²) in [5.41, 5.74) is 0. The minimum absolute atomic E-state index is 0.0549. The van der Waals surface area contributed by atoms with Crippen molar-refractivity contribution in [2.75, 3.05) is 27.2 Å². The van der Waals surface area contributed by atoms with Gasteiger partial charge in [-0.2, -0.15) is 0 Å². The smallest absolute Gasteiger partial charge is 0.328 e. The molecule has 1 aliphatic heterocycles. The Hall–Kier alpha value is -1.66. The Balaban J connectivity index is 2.07. The van der Waals surface area contributed by atoms with E-state index in [1.807, 2.05) is 19.0 Å². The number of hydrogen-bond acceptors (Lipinski definition) is 4. The van der Waals surface area contributed by atoms with E-state index in [0.717, 1.165) is 36.9 Å². The van der Waals surface area contributed by atoms with E-state index in [0.29, 0.717) is 4.88 Å². The fourth-order valence-electron chi connectivity index (χ4n) is 2.57. The molecule has 1 atom stereocenters. The lowest BCUT2D eigenvalue weighted by atomic mass is 10.2.